The summed E-state index contributed by atoms with van der Waals surface area (Å²) in [6.07, 6.45) is 0. The topological polar surface area (TPSA) is 85.1 Å². The van der Waals surface area contributed by atoms with Crippen LogP contribution in [0.5, 0.6) is 0 Å². The first-order chi connectivity index (χ1) is 9.45. The molecule has 9 heteroatoms. The molecule has 0 saturated carbocycles. The Morgan fingerprint density at radius 2 is 2.10 bits per heavy atom. The van der Waals surface area contributed by atoms with Crippen LogP contribution < -0.4 is 10.5 Å². The van der Waals surface area contributed by atoms with E-state index in [2.05, 4.69) is 9.71 Å². The number of benzene rings is 1. The summed E-state index contributed by atoms with van der Waals surface area (Å²) in [5.74, 6) is 0. The fraction of sp³-hybridized carbons (Fsp3) is 0.182. The van der Waals surface area contributed by atoms with E-state index in [1.165, 1.54) is 23.5 Å². The third kappa shape index (κ3) is 3.30. The molecule has 0 saturated heterocycles. The lowest BCUT2D eigenvalue weighted by Crippen LogP contribution is -2.24. The van der Waals surface area contributed by atoms with Crippen molar-refractivity contribution in [1.29, 1.82) is 0 Å². The van der Waals surface area contributed by atoms with Gasteiger partial charge in [0.1, 0.15) is 4.90 Å². The molecule has 108 valence electrons. The van der Waals surface area contributed by atoms with Gasteiger partial charge in [0.15, 0.2) is 0 Å². The maximum absolute atomic E-state index is 12.2. The number of nitrogens with zero attached hydrogens (tertiary/aromatic N) is 1. The van der Waals surface area contributed by atoms with Crippen LogP contribution in [0, 0.1) is 0 Å². The van der Waals surface area contributed by atoms with Crippen LogP contribution in [0.25, 0.3) is 0 Å². The van der Waals surface area contributed by atoms with Crippen molar-refractivity contribution in [2.45, 2.75) is 18.0 Å². The van der Waals surface area contributed by atoms with Crippen molar-refractivity contribution in [3.8, 4) is 0 Å². The first-order valence-electron chi connectivity index (χ1n) is 5.49. The molecule has 2 aromatic rings. The molecule has 0 bridgehead atoms. The fourth-order valence-electron chi connectivity index (χ4n) is 1.54. The Morgan fingerprint density at radius 1 is 1.35 bits per heavy atom. The van der Waals surface area contributed by atoms with Crippen molar-refractivity contribution < 1.29 is 8.42 Å². The number of thiazole rings is 1. The van der Waals surface area contributed by atoms with E-state index < -0.39 is 10.0 Å². The lowest BCUT2D eigenvalue weighted by molar-refractivity contribution is 0.580. The zero-order chi connectivity index (χ0) is 14.8. The summed E-state index contributed by atoms with van der Waals surface area (Å²) in [5.41, 5.74) is 8.20. The molecule has 0 aliphatic rings. The molecule has 0 aliphatic carbocycles. The van der Waals surface area contributed by atoms with E-state index in [4.69, 9.17) is 28.9 Å². The van der Waals surface area contributed by atoms with Gasteiger partial charge in [-0.2, -0.15) is 0 Å². The van der Waals surface area contributed by atoms with E-state index >= 15 is 0 Å². The molecule has 20 heavy (non-hydrogen) atoms. The molecular formula is C11H11Cl2N3O2S2. The number of halogens is 2. The van der Waals surface area contributed by atoms with Crippen LogP contribution in [0.3, 0.4) is 0 Å². The molecule has 0 amide bonds. The maximum Gasteiger partial charge on any atom is 0.242 e. The van der Waals surface area contributed by atoms with Gasteiger partial charge in [0.05, 0.1) is 22.8 Å². The average Bonchev–Trinajstić information content (AvgIpc) is 2.90. The van der Waals surface area contributed by atoms with Gasteiger partial charge in [-0.25, -0.2) is 18.1 Å². The molecular weight excluding hydrogens is 341 g/mol. The summed E-state index contributed by atoms with van der Waals surface area (Å²) in [6.45, 7) is 0.163. The second kappa shape index (κ2) is 6.38. The van der Waals surface area contributed by atoms with Crippen molar-refractivity contribution >= 4 is 44.6 Å². The van der Waals surface area contributed by atoms with Gasteiger partial charge in [-0.1, -0.05) is 23.2 Å². The Morgan fingerprint density at radius 3 is 2.70 bits per heavy atom. The van der Waals surface area contributed by atoms with Crippen LogP contribution in [0.1, 0.15) is 11.3 Å². The highest BCUT2D eigenvalue weighted by Gasteiger charge is 2.21. The van der Waals surface area contributed by atoms with E-state index in [9.17, 15) is 8.42 Å². The summed E-state index contributed by atoms with van der Waals surface area (Å²) in [6, 6.07) is 2.82. The molecule has 0 aliphatic heterocycles. The van der Waals surface area contributed by atoms with E-state index in [0.717, 1.165) is 0 Å². The van der Waals surface area contributed by atoms with Crippen molar-refractivity contribution in [3.05, 3.63) is 44.3 Å². The molecule has 5 nitrogen and oxygen atoms in total. The van der Waals surface area contributed by atoms with Crippen LogP contribution >= 0.6 is 34.5 Å². The molecule has 1 aromatic carbocycles. The molecule has 2 rings (SSSR count). The van der Waals surface area contributed by atoms with E-state index in [-0.39, 0.29) is 23.0 Å². The summed E-state index contributed by atoms with van der Waals surface area (Å²) in [4.78, 5) is 3.96. The lowest BCUT2D eigenvalue weighted by atomic mass is 10.2. The quantitative estimate of drug-likeness (QED) is 0.865. The number of sulfonamides is 1. The largest absolute Gasteiger partial charge is 0.326 e. The summed E-state index contributed by atoms with van der Waals surface area (Å²) in [5, 5.41) is 2.15. The monoisotopic (exact) mass is 351 g/mol. The third-order valence-electron chi connectivity index (χ3n) is 2.57. The predicted octanol–water partition coefficient (Wildman–Crippen LogP) is 2.39. The van der Waals surface area contributed by atoms with Crippen LogP contribution in [0.4, 0.5) is 0 Å². The fourth-order valence-corrected chi connectivity index (χ4v) is 4.03. The highest BCUT2D eigenvalue weighted by atomic mass is 35.5. The molecule has 1 aromatic heterocycles. The van der Waals surface area contributed by atoms with Gasteiger partial charge in [0.25, 0.3) is 0 Å². The SMILES string of the molecule is NCc1c(Cl)ccc(S(=O)(=O)NCc2cscn2)c1Cl. The van der Waals surface area contributed by atoms with E-state index in [1.54, 1.807) is 10.9 Å². The van der Waals surface area contributed by atoms with Gasteiger partial charge >= 0.3 is 0 Å². The Hall–Kier alpha value is -0.700. The van der Waals surface area contributed by atoms with Crippen LogP contribution in [-0.4, -0.2) is 13.4 Å². The molecule has 3 N–H and O–H groups in total. The first-order valence-corrected chi connectivity index (χ1v) is 8.67. The third-order valence-corrected chi connectivity index (χ3v) is 5.55. The number of rotatable bonds is 5. The smallest absolute Gasteiger partial charge is 0.242 e. The van der Waals surface area contributed by atoms with Crippen molar-refractivity contribution in [3.63, 3.8) is 0 Å². The van der Waals surface area contributed by atoms with Crippen molar-refractivity contribution in [2.75, 3.05) is 0 Å². The van der Waals surface area contributed by atoms with Gasteiger partial charge in [-0.05, 0) is 12.1 Å². The van der Waals surface area contributed by atoms with E-state index in [0.29, 0.717) is 16.3 Å². The minimum absolute atomic E-state index is 0.0424. The van der Waals surface area contributed by atoms with Crippen molar-refractivity contribution in [2.24, 2.45) is 5.73 Å². The van der Waals surface area contributed by atoms with Gasteiger partial charge in [0.2, 0.25) is 10.0 Å². The normalized spacial score (nSPS) is 11.8. The highest BCUT2D eigenvalue weighted by molar-refractivity contribution is 7.89. The molecule has 0 atom stereocenters. The zero-order valence-electron chi connectivity index (χ0n) is 10.1. The number of hydrogen-bond donors (Lipinski definition) is 2. The minimum Gasteiger partial charge on any atom is -0.326 e. The van der Waals surface area contributed by atoms with Crippen molar-refractivity contribution in [1.82, 2.24) is 9.71 Å². The summed E-state index contributed by atoms with van der Waals surface area (Å²) < 4.78 is 26.9. The van der Waals surface area contributed by atoms with Crippen LogP contribution in [-0.2, 0) is 23.1 Å². The molecule has 0 spiro atoms. The van der Waals surface area contributed by atoms with Gasteiger partial charge in [-0.3, -0.25) is 0 Å². The lowest BCUT2D eigenvalue weighted by Gasteiger charge is -2.11. The van der Waals surface area contributed by atoms with E-state index in [1.807, 2.05) is 0 Å². The number of nitrogens with two attached hydrogens (primary N) is 1. The standard InChI is InChI=1S/C11H11Cl2N3O2S2/c12-9-1-2-10(11(13)8(9)3-14)20(17,18)16-4-7-5-19-6-15-7/h1-2,5-6,16H,3-4,14H2. The van der Waals surface area contributed by atoms with Crippen LogP contribution in [0.15, 0.2) is 27.9 Å². The number of nitrogens with one attached hydrogen (secondary N) is 1. The molecule has 1 heterocycles. The second-order valence-electron chi connectivity index (χ2n) is 3.85. The van der Waals surface area contributed by atoms with Gasteiger partial charge in [0, 0.05) is 22.5 Å². The number of aromatic nitrogens is 1. The minimum atomic E-state index is -3.75. The van der Waals surface area contributed by atoms with Gasteiger partial charge in [-0.15, -0.1) is 11.3 Å². The maximum atomic E-state index is 12.2. The highest BCUT2D eigenvalue weighted by Crippen LogP contribution is 2.30. The molecule has 0 unspecified atom stereocenters. The molecule has 0 radical (unpaired) electrons. The Balaban J connectivity index is 2.30. The van der Waals surface area contributed by atoms with Gasteiger partial charge < -0.3 is 5.73 Å². The van der Waals surface area contributed by atoms with Crippen LogP contribution in [0.2, 0.25) is 10.0 Å². The summed E-state index contributed by atoms with van der Waals surface area (Å²) in [7, 11) is -3.75. The predicted molar refractivity (Wildman–Crippen MR) is 80.5 cm³/mol. The first kappa shape index (κ1) is 15.7. The summed E-state index contributed by atoms with van der Waals surface area (Å²) >= 11 is 13.4. The Bertz CT molecular complexity index is 703. The Labute approximate surface area is 130 Å². The number of hydrogen-bond acceptors (Lipinski definition) is 5. The average molecular weight is 352 g/mol. The molecule has 0 fully saturated rings. The second-order valence-corrected chi connectivity index (χ2v) is 7.09. The zero-order valence-corrected chi connectivity index (χ0v) is 13.3. The Kier molecular flexibility index (Phi) is 5.00.